The molecule has 2 aliphatic rings. The predicted octanol–water partition coefficient (Wildman–Crippen LogP) is 2.72. The molecule has 0 radical (unpaired) electrons. The summed E-state index contributed by atoms with van der Waals surface area (Å²) < 4.78 is 4.36. The predicted molar refractivity (Wildman–Crippen MR) is 89.3 cm³/mol. The lowest BCUT2D eigenvalue weighted by molar-refractivity contribution is -0.136. The second-order valence-corrected chi connectivity index (χ2v) is 7.08. The summed E-state index contributed by atoms with van der Waals surface area (Å²) in [5.74, 6) is 1.55. The fraction of sp³-hybridized carbons (Fsp3) is 0.812. The molecule has 6 heteroatoms. The van der Waals surface area contributed by atoms with Crippen LogP contribution >= 0.6 is 11.5 Å². The van der Waals surface area contributed by atoms with Gasteiger partial charge in [0.05, 0.1) is 0 Å². The highest BCUT2D eigenvalue weighted by molar-refractivity contribution is 7.09. The van der Waals surface area contributed by atoms with Gasteiger partial charge in [-0.2, -0.15) is 4.37 Å². The van der Waals surface area contributed by atoms with Gasteiger partial charge in [-0.25, -0.2) is 4.98 Å². The van der Waals surface area contributed by atoms with Crippen molar-refractivity contribution < 1.29 is 4.79 Å². The number of hydrogen-bond donors (Lipinski definition) is 0. The number of carbonyl (C=O) groups is 1. The second-order valence-electron chi connectivity index (χ2n) is 6.35. The zero-order valence-electron chi connectivity index (χ0n) is 13.5. The fourth-order valence-electron chi connectivity index (χ4n) is 3.38. The molecular formula is C16H26N4OS. The molecule has 0 aromatic carbocycles. The van der Waals surface area contributed by atoms with Gasteiger partial charge in [0.1, 0.15) is 5.82 Å². The zero-order chi connectivity index (χ0) is 15.4. The molecule has 3 rings (SSSR count). The van der Waals surface area contributed by atoms with Gasteiger partial charge in [-0.3, -0.25) is 4.79 Å². The first kappa shape index (κ1) is 15.7. The molecule has 2 saturated heterocycles. The summed E-state index contributed by atoms with van der Waals surface area (Å²) in [5.41, 5.74) is 0. The maximum atomic E-state index is 12.7. The van der Waals surface area contributed by atoms with Crippen LogP contribution in [0.15, 0.2) is 0 Å². The van der Waals surface area contributed by atoms with Crippen LogP contribution in [0.5, 0.6) is 0 Å². The number of nitrogens with zero attached hydrogens (tertiary/aromatic N) is 4. The number of hydrogen-bond acceptors (Lipinski definition) is 5. The average molecular weight is 322 g/mol. The standard InChI is InChI=1S/C16H26N4OS/c1-2-14-17-16(22-18-14)20-11-7-13(8-12-20)15(21)19-9-5-3-4-6-10-19/h13H,2-12H2,1H3. The highest BCUT2D eigenvalue weighted by atomic mass is 32.1. The van der Waals surface area contributed by atoms with Gasteiger partial charge in [-0.15, -0.1) is 0 Å². The maximum absolute atomic E-state index is 12.7. The molecule has 0 unspecified atom stereocenters. The minimum atomic E-state index is 0.216. The minimum Gasteiger partial charge on any atom is -0.347 e. The lowest BCUT2D eigenvalue weighted by Gasteiger charge is -2.33. The quantitative estimate of drug-likeness (QED) is 0.858. The van der Waals surface area contributed by atoms with E-state index in [2.05, 4.69) is 26.1 Å². The van der Waals surface area contributed by atoms with Gasteiger partial charge in [0.2, 0.25) is 11.0 Å². The number of aromatic nitrogens is 2. The van der Waals surface area contributed by atoms with Crippen LogP contribution < -0.4 is 4.90 Å². The van der Waals surface area contributed by atoms with Crippen molar-refractivity contribution in [3.8, 4) is 0 Å². The molecule has 0 spiro atoms. The fourth-order valence-corrected chi connectivity index (χ4v) is 4.18. The molecule has 0 N–H and O–H groups in total. The van der Waals surface area contributed by atoms with Crippen molar-refractivity contribution in [2.75, 3.05) is 31.1 Å². The Balaban J connectivity index is 1.53. The van der Waals surface area contributed by atoms with Crippen molar-refractivity contribution in [2.45, 2.75) is 51.9 Å². The van der Waals surface area contributed by atoms with Crippen LogP contribution in [0.4, 0.5) is 5.13 Å². The number of anilines is 1. The summed E-state index contributed by atoms with van der Waals surface area (Å²) >= 11 is 1.49. The number of rotatable bonds is 3. The number of carbonyl (C=O) groups excluding carboxylic acids is 1. The molecule has 0 bridgehead atoms. The Hall–Kier alpha value is -1.17. The van der Waals surface area contributed by atoms with Crippen molar-refractivity contribution in [3.63, 3.8) is 0 Å². The van der Waals surface area contributed by atoms with E-state index in [1.165, 1.54) is 37.2 Å². The lowest BCUT2D eigenvalue weighted by atomic mass is 9.95. The van der Waals surface area contributed by atoms with E-state index in [0.717, 1.165) is 56.4 Å². The average Bonchev–Trinajstić information content (AvgIpc) is 2.88. The largest absolute Gasteiger partial charge is 0.347 e. The summed E-state index contributed by atoms with van der Waals surface area (Å²) in [7, 11) is 0. The normalized spacial score (nSPS) is 21.0. The van der Waals surface area contributed by atoms with E-state index >= 15 is 0 Å². The van der Waals surface area contributed by atoms with Crippen molar-refractivity contribution in [3.05, 3.63) is 5.82 Å². The van der Waals surface area contributed by atoms with E-state index in [4.69, 9.17) is 0 Å². The molecule has 0 atom stereocenters. The monoisotopic (exact) mass is 322 g/mol. The molecule has 0 saturated carbocycles. The smallest absolute Gasteiger partial charge is 0.225 e. The number of amides is 1. The van der Waals surface area contributed by atoms with Crippen LogP contribution in [0.25, 0.3) is 0 Å². The van der Waals surface area contributed by atoms with Gasteiger partial charge in [-0.05, 0) is 25.7 Å². The molecule has 1 aromatic heterocycles. The van der Waals surface area contributed by atoms with E-state index in [1.807, 2.05) is 0 Å². The van der Waals surface area contributed by atoms with Crippen LogP contribution in [-0.4, -0.2) is 46.3 Å². The maximum Gasteiger partial charge on any atom is 0.225 e. The molecule has 5 nitrogen and oxygen atoms in total. The van der Waals surface area contributed by atoms with E-state index < -0.39 is 0 Å². The Bertz CT molecular complexity index is 488. The van der Waals surface area contributed by atoms with Crippen LogP contribution in [0.3, 0.4) is 0 Å². The SMILES string of the molecule is CCc1nsc(N2CCC(C(=O)N3CCCCCC3)CC2)n1. The molecule has 122 valence electrons. The highest BCUT2D eigenvalue weighted by Crippen LogP contribution is 2.26. The zero-order valence-corrected chi connectivity index (χ0v) is 14.3. The molecule has 1 aromatic rings. The van der Waals surface area contributed by atoms with Crippen molar-refractivity contribution in [1.29, 1.82) is 0 Å². The van der Waals surface area contributed by atoms with Crippen molar-refractivity contribution in [2.24, 2.45) is 5.92 Å². The molecule has 3 heterocycles. The lowest BCUT2D eigenvalue weighted by Crippen LogP contribution is -2.43. The van der Waals surface area contributed by atoms with Gasteiger partial charge >= 0.3 is 0 Å². The van der Waals surface area contributed by atoms with Gasteiger partial charge < -0.3 is 9.80 Å². The molecule has 22 heavy (non-hydrogen) atoms. The summed E-state index contributed by atoms with van der Waals surface area (Å²) in [6.45, 7) is 5.88. The molecular weight excluding hydrogens is 296 g/mol. The van der Waals surface area contributed by atoms with Crippen LogP contribution in [0.2, 0.25) is 0 Å². The first-order chi connectivity index (χ1) is 10.8. The third-order valence-corrected chi connectivity index (χ3v) is 5.62. The van der Waals surface area contributed by atoms with Crippen molar-refractivity contribution >= 4 is 22.6 Å². The van der Waals surface area contributed by atoms with E-state index in [0.29, 0.717) is 5.91 Å². The van der Waals surface area contributed by atoms with Crippen LogP contribution in [0.1, 0.15) is 51.3 Å². The Morgan fingerprint density at radius 3 is 2.41 bits per heavy atom. The molecule has 2 aliphatic heterocycles. The van der Waals surface area contributed by atoms with Gasteiger partial charge in [0.25, 0.3) is 0 Å². The van der Waals surface area contributed by atoms with E-state index in [-0.39, 0.29) is 5.92 Å². The Morgan fingerprint density at radius 1 is 1.14 bits per heavy atom. The van der Waals surface area contributed by atoms with Crippen LogP contribution in [0, 0.1) is 5.92 Å². The van der Waals surface area contributed by atoms with E-state index in [9.17, 15) is 4.79 Å². The van der Waals surface area contributed by atoms with Crippen LogP contribution in [-0.2, 0) is 11.2 Å². The summed E-state index contributed by atoms with van der Waals surface area (Å²) in [4.78, 5) is 21.7. The van der Waals surface area contributed by atoms with Crippen molar-refractivity contribution in [1.82, 2.24) is 14.3 Å². The number of likely N-dealkylation sites (tertiary alicyclic amines) is 1. The topological polar surface area (TPSA) is 49.3 Å². The molecule has 0 aliphatic carbocycles. The highest BCUT2D eigenvalue weighted by Gasteiger charge is 2.29. The Labute approximate surface area is 136 Å². The van der Waals surface area contributed by atoms with E-state index in [1.54, 1.807) is 0 Å². The Kier molecular flexibility index (Phi) is 5.28. The first-order valence-electron chi connectivity index (χ1n) is 8.64. The van der Waals surface area contributed by atoms with Gasteiger partial charge in [0, 0.05) is 50.1 Å². The third kappa shape index (κ3) is 3.59. The van der Waals surface area contributed by atoms with Gasteiger partial charge in [0.15, 0.2) is 0 Å². The number of aryl methyl sites for hydroxylation is 1. The summed E-state index contributed by atoms with van der Waals surface area (Å²) in [6, 6.07) is 0. The summed E-state index contributed by atoms with van der Waals surface area (Å²) in [5, 5.41) is 1.03. The number of piperidine rings is 1. The summed E-state index contributed by atoms with van der Waals surface area (Å²) in [6.07, 6.45) is 7.70. The first-order valence-corrected chi connectivity index (χ1v) is 9.41. The Morgan fingerprint density at radius 2 is 1.82 bits per heavy atom. The minimum absolute atomic E-state index is 0.216. The second kappa shape index (κ2) is 7.40. The third-order valence-electron chi connectivity index (χ3n) is 4.81. The molecule has 1 amide bonds. The molecule has 2 fully saturated rings. The van der Waals surface area contributed by atoms with Gasteiger partial charge in [-0.1, -0.05) is 19.8 Å².